The first kappa shape index (κ1) is 27.8. The number of amides is 3. The van der Waals surface area contributed by atoms with Crippen molar-refractivity contribution in [1.29, 1.82) is 0 Å². The monoisotopic (exact) mass is 478 g/mol. The number of fused-ring (bicyclic) bond motifs is 1. The van der Waals surface area contributed by atoms with E-state index in [0.717, 1.165) is 0 Å². The molecule has 2 saturated heterocycles. The van der Waals surface area contributed by atoms with Crippen molar-refractivity contribution < 1.29 is 34.7 Å². The maximum absolute atomic E-state index is 12.5. The molecule has 3 rings (SSSR count). The molecule has 2 heterocycles. The number of hydrogen-bond acceptors (Lipinski definition) is 7. The fourth-order valence-electron chi connectivity index (χ4n) is 3.65. The molecule has 170 valence electrons. The molecule has 0 bridgehead atoms. The summed E-state index contributed by atoms with van der Waals surface area (Å²) < 4.78 is -0.695. The second-order valence-corrected chi connectivity index (χ2v) is 9.29. The van der Waals surface area contributed by atoms with Crippen molar-refractivity contribution in [2.24, 2.45) is 0 Å². The maximum atomic E-state index is 12.5. The molecule has 0 aliphatic carbocycles. The van der Waals surface area contributed by atoms with E-state index in [2.05, 4.69) is 10.6 Å². The Bertz CT molecular complexity index is 943. The number of nitrogens with one attached hydrogen (secondary N) is 2. The predicted octanol–water partition coefficient (Wildman–Crippen LogP) is -1.40. The van der Waals surface area contributed by atoms with Crippen molar-refractivity contribution in [2.45, 2.75) is 42.5 Å². The number of carboxylic acids is 1. The van der Waals surface area contributed by atoms with E-state index in [1.54, 1.807) is 32.0 Å². The number of nitrogens with zero attached hydrogens (tertiary/aromatic N) is 2. The number of nitro groups is 1. The van der Waals surface area contributed by atoms with Crippen LogP contribution < -0.4 is 10.6 Å². The molecular formula is C18H23N4NaO8S. The zero-order valence-corrected chi connectivity index (χ0v) is 17.5. The van der Waals surface area contributed by atoms with Crippen molar-refractivity contribution in [1.82, 2.24) is 10.2 Å². The number of thioether (sulfide) groups is 1. The summed E-state index contributed by atoms with van der Waals surface area (Å²) in [5.74, 6) is -2.85. The molecule has 1 aromatic carbocycles. The Hall–Kier alpha value is -2.19. The normalized spacial score (nSPS) is 22.4. The van der Waals surface area contributed by atoms with Gasteiger partial charge in [-0.1, -0.05) is 18.2 Å². The Kier molecular flexibility index (Phi) is 9.24. The van der Waals surface area contributed by atoms with Gasteiger partial charge in [0.1, 0.15) is 17.5 Å². The van der Waals surface area contributed by atoms with E-state index in [1.165, 1.54) is 22.7 Å². The van der Waals surface area contributed by atoms with Gasteiger partial charge in [-0.25, -0.2) is 4.79 Å². The Morgan fingerprint density at radius 2 is 1.88 bits per heavy atom. The first-order valence-electron chi connectivity index (χ1n) is 9.03. The Morgan fingerprint density at radius 1 is 1.25 bits per heavy atom. The van der Waals surface area contributed by atoms with Crippen LogP contribution in [0.15, 0.2) is 24.3 Å². The van der Waals surface area contributed by atoms with E-state index in [1.807, 2.05) is 0 Å². The fourth-order valence-corrected chi connectivity index (χ4v) is 5.27. The molecule has 2 fully saturated rings. The second kappa shape index (κ2) is 10.6. The van der Waals surface area contributed by atoms with Crippen molar-refractivity contribution in [3.8, 4) is 0 Å². The van der Waals surface area contributed by atoms with Crippen LogP contribution in [0.4, 0.5) is 5.69 Å². The van der Waals surface area contributed by atoms with Gasteiger partial charge in [-0.05, 0) is 25.5 Å². The number of carbonyl (C=O) groups is 4. The van der Waals surface area contributed by atoms with Gasteiger partial charge in [0.15, 0.2) is 0 Å². The van der Waals surface area contributed by atoms with Gasteiger partial charge in [0.25, 0.3) is 12.5 Å². The number of aliphatic carboxylic acids is 1. The van der Waals surface area contributed by atoms with Gasteiger partial charge < -0.3 is 26.1 Å². The van der Waals surface area contributed by atoms with Gasteiger partial charge in [0.05, 0.1) is 6.42 Å². The summed E-state index contributed by atoms with van der Waals surface area (Å²) in [7, 11) is 0. The van der Waals surface area contributed by atoms with E-state index in [0.29, 0.717) is 5.56 Å². The number of benzene rings is 1. The van der Waals surface area contributed by atoms with Crippen LogP contribution in [0.3, 0.4) is 0 Å². The van der Waals surface area contributed by atoms with Crippen molar-refractivity contribution in [2.75, 3.05) is 11.9 Å². The first-order chi connectivity index (χ1) is 14.0. The Labute approximate surface area is 209 Å². The Balaban J connectivity index is 0.00000256. The molecule has 0 saturated carbocycles. The summed E-state index contributed by atoms with van der Waals surface area (Å²) >= 11 is 1.32. The average molecular weight is 478 g/mol. The average Bonchev–Trinajstić information content (AvgIpc) is 2.89. The van der Waals surface area contributed by atoms with Crippen LogP contribution in [-0.2, 0) is 25.6 Å². The van der Waals surface area contributed by atoms with E-state index in [-0.39, 0.29) is 47.1 Å². The predicted molar refractivity (Wildman–Crippen MR) is 117 cm³/mol. The zero-order chi connectivity index (χ0) is 22.2. The third kappa shape index (κ3) is 5.59. The molecule has 5 N–H and O–H groups in total. The van der Waals surface area contributed by atoms with Gasteiger partial charge in [-0.2, -0.15) is 0 Å². The van der Waals surface area contributed by atoms with Crippen molar-refractivity contribution in [3.05, 3.63) is 39.9 Å². The third-order valence-electron chi connectivity index (χ3n) is 4.91. The van der Waals surface area contributed by atoms with Crippen LogP contribution in [0, 0.1) is 10.1 Å². The zero-order valence-electron chi connectivity index (χ0n) is 16.7. The standard InChI is InChI=1S/C18H20N4O7S.Na.H2O.H/c1-18(2)14(17(26)27)22-15(25)13(16(22)30-18)20-11(23)7-9-5-3-4-6-10(9)19-12(24)8-21(28)29;;;/h3-6,13-14,16H,7-8H2,1-2H3,(H,19,24)(H,20,23)(H,26,27);;1H2;/t13?,14-,16+;;;/m0.../s1. The minimum atomic E-state index is -1.09. The summed E-state index contributed by atoms with van der Waals surface area (Å²) in [5, 5.41) is 24.5. The molecular weight excluding hydrogens is 455 g/mol. The minimum absolute atomic E-state index is 0. The molecule has 3 amide bonds. The molecule has 2 aliphatic rings. The van der Waals surface area contributed by atoms with E-state index >= 15 is 0 Å². The van der Waals surface area contributed by atoms with Crippen LogP contribution in [0.1, 0.15) is 19.4 Å². The fraction of sp³-hybridized carbons (Fsp3) is 0.444. The topological polar surface area (TPSA) is 190 Å². The van der Waals surface area contributed by atoms with Crippen molar-refractivity contribution >= 4 is 70.7 Å². The van der Waals surface area contributed by atoms with Gasteiger partial charge in [0, 0.05) is 15.4 Å². The summed E-state index contributed by atoms with van der Waals surface area (Å²) in [6.07, 6.45) is -0.165. The summed E-state index contributed by atoms with van der Waals surface area (Å²) in [5.41, 5.74) is 0.696. The van der Waals surface area contributed by atoms with Crippen LogP contribution in [0.25, 0.3) is 0 Å². The van der Waals surface area contributed by atoms with Gasteiger partial charge in [-0.3, -0.25) is 24.5 Å². The van der Waals surface area contributed by atoms with E-state index in [4.69, 9.17) is 0 Å². The van der Waals surface area contributed by atoms with Crippen LogP contribution >= 0.6 is 11.8 Å². The van der Waals surface area contributed by atoms with Crippen LogP contribution in [0.5, 0.6) is 0 Å². The van der Waals surface area contributed by atoms with Gasteiger partial charge in [-0.15, -0.1) is 11.8 Å². The summed E-state index contributed by atoms with van der Waals surface area (Å²) in [4.78, 5) is 59.2. The number of carbonyl (C=O) groups excluding carboxylic acids is 3. The first-order valence-corrected chi connectivity index (χ1v) is 9.91. The second-order valence-electron chi connectivity index (χ2n) is 7.52. The molecule has 0 radical (unpaired) electrons. The molecule has 3 atom stereocenters. The van der Waals surface area contributed by atoms with Crippen molar-refractivity contribution in [3.63, 3.8) is 0 Å². The summed E-state index contributed by atoms with van der Waals surface area (Å²) in [6, 6.07) is 4.57. The van der Waals surface area contributed by atoms with Gasteiger partial charge >= 0.3 is 35.5 Å². The molecule has 32 heavy (non-hydrogen) atoms. The number of anilines is 1. The SMILES string of the molecule is CC1(C)S[C@@H]2C(NC(=O)Cc3ccccc3NC(=O)C[N+](=O)[O-])C(=O)N2[C@H]1C(=O)O.O.[NaH]. The number of rotatable bonds is 7. The quantitative estimate of drug-likeness (QED) is 0.184. The van der Waals surface area contributed by atoms with Gasteiger partial charge in [0.2, 0.25) is 11.8 Å². The molecule has 0 aromatic heterocycles. The molecule has 14 heteroatoms. The number of β-lactam (4-membered cyclic amide) rings is 1. The molecule has 12 nitrogen and oxygen atoms in total. The molecule has 2 aliphatic heterocycles. The molecule has 0 spiro atoms. The van der Waals surface area contributed by atoms with Crippen LogP contribution in [-0.4, -0.2) is 102 Å². The number of para-hydroxylation sites is 1. The molecule has 1 aromatic rings. The number of carboxylic acid groups (broad SMARTS) is 1. The van der Waals surface area contributed by atoms with E-state index < -0.39 is 57.4 Å². The number of hydrogen-bond donors (Lipinski definition) is 3. The van der Waals surface area contributed by atoms with Crippen LogP contribution in [0.2, 0.25) is 0 Å². The third-order valence-corrected chi connectivity index (χ3v) is 6.48. The summed E-state index contributed by atoms with van der Waals surface area (Å²) in [6.45, 7) is 2.59. The molecule has 1 unspecified atom stereocenters. The Morgan fingerprint density at radius 3 is 2.47 bits per heavy atom. The van der Waals surface area contributed by atoms with E-state index in [9.17, 15) is 34.4 Å².